The van der Waals surface area contributed by atoms with Gasteiger partial charge in [-0.05, 0) is 90.3 Å². The molecule has 3 aliphatic heterocycles. The summed E-state index contributed by atoms with van der Waals surface area (Å²) in [5.74, 6) is 0.0338. The molecule has 4 heterocycles. The van der Waals surface area contributed by atoms with E-state index < -0.39 is 35.1 Å². The average Bonchev–Trinajstić information content (AvgIpc) is 4.18. The van der Waals surface area contributed by atoms with E-state index in [4.69, 9.17) is 20.2 Å². The number of rotatable bonds is 13. The number of hydrogen-bond acceptors (Lipinski definition) is 10. The molecule has 368 valence electrons. The van der Waals surface area contributed by atoms with Crippen molar-refractivity contribution in [2.75, 3.05) is 32.2 Å². The van der Waals surface area contributed by atoms with Gasteiger partial charge in [-0.3, -0.25) is 9.59 Å². The minimum atomic E-state index is -0.780. The number of carbonyl (C=O) groups is 4. The molecular weight excluding hydrogens is 878 g/mol. The van der Waals surface area contributed by atoms with E-state index in [1.807, 2.05) is 76.9 Å². The van der Waals surface area contributed by atoms with E-state index in [1.54, 1.807) is 11.1 Å². The van der Waals surface area contributed by atoms with Gasteiger partial charge in [0, 0.05) is 42.4 Å². The summed E-state index contributed by atoms with van der Waals surface area (Å²) in [6.07, 6.45) is 7.09. The van der Waals surface area contributed by atoms with E-state index in [1.165, 1.54) is 26.4 Å². The Kier molecular flexibility index (Phi) is 15.1. The Morgan fingerprint density at radius 1 is 0.754 bits per heavy atom. The van der Waals surface area contributed by atoms with Gasteiger partial charge in [0.05, 0.1) is 49.8 Å². The van der Waals surface area contributed by atoms with Gasteiger partial charge in [0.25, 0.3) is 0 Å². The number of alkyl carbamates (subject to hydrolysis) is 2. The van der Waals surface area contributed by atoms with E-state index in [0.717, 1.165) is 72.2 Å². The number of nitrogens with two attached hydrogens (primary N) is 1. The van der Waals surface area contributed by atoms with Crippen LogP contribution in [0.5, 0.6) is 0 Å². The molecule has 0 aliphatic carbocycles. The molecule has 2 unspecified atom stereocenters. The Labute approximate surface area is 405 Å². The van der Waals surface area contributed by atoms with Gasteiger partial charge in [-0.1, -0.05) is 96.7 Å². The molecule has 0 spiro atoms. The molecule has 4 aromatic rings. The van der Waals surface area contributed by atoms with Gasteiger partial charge in [-0.15, -0.1) is 0 Å². The number of nitrogens with zero attached hydrogens (tertiary/aromatic N) is 4. The number of hydrogen-bond donors (Lipinski definition) is 5. The van der Waals surface area contributed by atoms with Crippen LogP contribution in [-0.4, -0.2) is 89.2 Å². The number of halogens is 1. The van der Waals surface area contributed by atoms with Crippen LogP contribution in [0.3, 0.4) is 0 Å². The molecule has 6 N–H and O–H groups in total. The Hall–Kier alpha value is -6.84. The Bertz CT molecular complexity index is 2510. The zero-order valence-corrected chi connectivity index (χ0v) is 41.1. The third kappa shape index (κ3) is 11.2. The van der Waals surface area contributed by atoms with Crippen LogP contribution in [0.25, 0.3) is 17.0 Å². The number of methoxy groups -OCH3 is 2. The number of likely N-dealkylation sites (tertiary alicyclic amines) is 2. The maximum absolute atomic E-state index is 14.3. The third-order valence-electron chi connectivity index (χ3n) is 13.7. The first kappa shape index (κ1) is 50.0. The summed E-state index contributed by atoms with van der Waals surface area (Å²) < 4.78 is 23.9. The van der Waals surface area contributed by atoms with Crippen molar-refractivity contribution in [2.24, 2.45) is 16.6 Å². The molecule has 0 radical (unpaired) electrons. The van der Waals surface area contributed by atoms with E-state index in [-0.39, 0.29) is 41.8 Å². The van der Waals surface area contributed by atoms with Crippen LogP contribution in [0.4, 0.5) is 19.7 Å². The summed E-state index contributed by atoms with van der Waals surface area (Å²) in [5, 5.41) is 8.71. The molecule has 15 nitrogen and oxygen atoms in total. The molecule has 0 bridgehead atoms. The fourth-order valence-corrected chi connectivity index (χ4v) is 9.91. The van der Waals surface area contributed by atoms with Gasteiger partial charge in [-0.25, -0.2) is 19.0 Å². The van der Waals surface area contributed by atoms with Crippen LogP contribution in [0, 0.1) is 16.6 Å². The van der Waals surface area contributed by atoms with Gasteiger partial charge >= 0.3 is 12.2 Å². The van der Waals surface area contributed by atoms with Crippen LogP contribution in [0.1, 0.15) is 121 Å². The summed E-state index contributed by atoms with van der Waals surface area (Å²) in [4.78, 5) is 66.3. The topological polar surface area (TPSA) is 187 Å². The summed E-state index contributed by atoms with van der Waals surface area (Å²) >= 11 is 0. The van der Waals surface area contributed by atoms with Crippen molar-refractivity contribution in [3.8, 4) is 11.3 Å². The highest BCUT2D eigenvalue weighted by Gasteiger charge is 2.43. The number of nitrogens with one attached hydrogen (secondary N) is 4. The Balaban J connectivity index is 1.04. The molecule has 3 aromatic carbocycles. The third-order valence-corrected chi connectivity index (χ3v) is 13.7. The average molecular weight is 946 g/mol. The molecule has 69 heavy (non-hydrogen) atoms. The molecule has 3 fully saturated rings. The predicted octanol–water partition coefficient (Wildman–Crippen LogP) is 8.85. The second-order valence-electron chi connectivity index (χ2n) is 20.4. The molecule has 4 amide bonds. The van der Waals surface area contributed by atoms with Crippen LogP contribution >= 0.6 is 0 Å². The van der Waals surface area contributed by atoms with E-state index in [0.29, 0.717) is 30.3 Å². The number of imidazole rings is 1. The fourth-order valence-electron chi connectivity index (χ4n) is 9.91. The molecule has 6 atom stereocenters. The largest absolute Gasteiger partial charge is 0.453 e. The van der Waals surface area contributed by atoms with E-state index in [2.05, 4.69) is 68.8 Å². The molecule has 16 heteroatoms. The van der Waals surface area contributed by atoms with Crippen molar-refractivity contribution >= 4 is 35.4 Å². The lowest BCUT2D eigenvalue weighted by atomic mass is 9.85. The van der Waals surface area contributed by atoms with Crippen molar-refractivity contribution in [3.63, 3.8) is 0 Å². The van der Waals surface area contributed by atoms with Crippen molar-refractivity contribution in [2.45, 2.75) is 116 Å². The van der Waals surface area contributed by atoms with Crippen molar-refractivity contribution < 1.29 is 33.0 Å². The Morgan fingerprint density at radius 3 is 1.83 bits per heavy atom. The lowest BCUT2D eigenvalue weighted by molar-refractivity contribution is -0.137. The minimum absolute atomic E-state index is 0.000411. The van der Waals surface area contributed by atoms with Crippen LogP contribution in [0.2, 0.25) is 0 Å². The summed E-state index contributed by atoms with van der Waals surface area (Å²) in [7, 11) is 2.56. The smallest absolute Gasteiger partial charge is 0.407 e. The normalized spacial score (nSPS) is 20.6. The minimum Gasteiger partial charge on any atom is -0.453 e. The number of benzene rings is 3. The number of H-pyrrole nitrogens is 1. The number of aromatic amines is 1. The van der Waals surface area contributed by atoms with Gasteiger partial charge in [0.15, 0.2) is 0 Å². The highest BCUT2D eigenvalue weighted by Crippen LogP contribution is 2.47. The summed E-state index contributed by atoms with van der Waals surface area (Å²) in [6, 6.07) is 21.1. The lowest BCUT2D eigenvalue weighted by Gasteiger charge is -2.35. The molecule has 7 rings (SSSR count). The quantitative estimate of drug-likeness (QED) is 0.0867. The first-order valence-electron chi connectivity index (χ1n) is 23.8. The van der Waals surface area contributed by atoms with Gasteiger partial charge in [-0.2, -0.15) is 0 Å². The molecule has 3 aliphatic rings. The zero-order valence-electron chi connectivity index (χ0n) is 41.1. The Morgan fingerprint density at radius 2 is 1.28 bits per heavy atom. The first-order chi connectivity index (χ1) is 32.8. The number of amides is 4. The lowest BCUT2D eigenvalue weighted by Crippen LogP contribution is -2.56. The summed E-state index contributed by atoms with van der Waals surface area (Å²) in [6.45, 7) is 16.8. The monoisotopic (exact) mass is 946 g/mol. The zero-order chi connectivity index (χ0) is 49.8. The maximum Gasteiger partial charge on any atom is 0.407 e. The van der Waals surface area contributed by atoms with E-state index >= 15 is 0 Å². The summed E-state index contributed by atoms with van der Waals surface area (Å²) in [5.41, 5.74) is 12.3. The SMILES string of the molecule is C=C(N/C=C(\N)c1ccc(C2CCC(c3ccc(-c4c[nH]c([C@@H]5CCCN5C(=O)[C@@H](NC(=O)OC)C(C)(C)C)n4)cc3)N2c2ccc(F)cc2)cc1)[C@@H]1CCCN1C(=O)[C@@H](NC(=O)OC)C(C)(C)C. The number of ether oxygens (including phenoxy) is 2. The number of anilines is 1. The molecule has 3 saturated heterocycles. The second kappa shape index (κ2) is 20.8. The highest BCUT2D eigenvalue weighted by molar-refractivity contribution is 5.88. The molecule has 1 aromatic heterocycles. The van der Waals surface area contributed by atoms with Gasteiger partial charge in [0.1, 0.15) is 23.7 Å². The van der Waals surface area contributed by atoms with Gasteiger partial charge in [0.2, 0.25) is 11.8 Å². The van der Waals surface area contributed by atoms with Crippen LogP contribution in [0.15, 0.2) is 97.5 Å². The second-order valence-corrected chi connectivity index (χ2v) is 20.4. The van der Waals surface area contributed by atoms with Crippen molar-refractivity contribution in [3.05, 3.63) is 126 Å². The first-order valence-corrected chi connectivity index (χ1v) is 23.8. The van der Waals surface area contributed by atoms with Crippen molar-refractivity contribution in [1.82, 2.24) is 35.7 Å². The number of carbonyl (C=O) groups excluding carboxylic acids is 4. The standard InChI is InChI=1S/C53H68FN9O6/c1-32(41-12-10-28-61(41)48(64)45(52(2,3)4)59-50(66)68-8)56-30-39(55)33-14-18-35(19-15-33)42-26-27-43(63(42)38-24-22-37(54)23-25-38)36-20-16-34(17-21-36)40-31-57-47(58-40)44-13-11-29-62(44)49(65)46(53(5,6)7)60-51(67)69-9/h14-25,30-31,41-46,56H,1,10-13,26-29,55H2,2-9H3,(H,57,58)(H,59,66)(H,60,67)/b39-30-/t41-,42?,43?,44-,45+,46+/m0/s1. The van der Waals surface area contributed by atoms with Gasteiger partial charge < -0.3 is 50.8 Å². The highest BCUT2D eigenvalue weighted by atomic mass is 19.1. The predicted molar refractivity (Wildman–Crippen MR) is 264 cm³/mol. The maximum atomic E-state index is 14.3. The fraction of sp³-hybridized carbons (Fsp3) is 0.453. The molecule has 0 saturated carbocycles. The number of aromatic nitrogens is 2. The van der Waals surface area contributed by atoms with E-state index in [9.17, 15) is 23.6 Å². The van der Waals surface area contributed by atoms with Crippen LogP contribution < -0.4 is 26.6 Å². The van der Waals surface area contributed by atoms with Crippen LogP contribution in [-0.2, 0) is 19.1 Å². The molecular formula is C53H68FN9O6. The van der Waals surface area contributed by atoms with Crippen molar-refractivity contribution in [1.29, 1.82) is 0 Å².